The van der Waals surface area contributed by atoms with Crippen molar-refractivity contribution in [3.8, 4) is 5.75 Å². The van der Waals surface area contributed by atoms with Gasteiger partial charge in [-0.2, -0.15) is 0 Å². The molecular weight excluding hydrogens is 225 g/mol. The molecule has 1 fully saturated rings. The summed E-state index contributed by atoms with van der Waals surface area (Å²) < 4.78 is 18.3. The Morgan fingerprint density at radius 3 is 2.73 bits per heavy atom. The van der Waals surface area contributed by atoms with E-state index in [2.05, 4.69) is 0 Å². The van der Waals surface area contributed by atoms with Gasteiger partial charge in [-0.25, -0.2) is 4.39 Å². The summed E-state index contributed by atoms with van der Waals surface area (Å²) in [6, 6.07) is 2.01. The molecule has 0 bridgehead atoms. The fourth-order valence-corrected chi connectivity index (χ4v) is 1.33. The second-order valence-electron chi connectivity index (χ2n) is 3.28. The first-order valence-corrected chi connectivity index (χ1v) is 4.76. The van der Waals surface area contributed by atoms with Gasteiger partial charge in [-0.3, -0.25) is 10.1 Å². The molecule has 1 aliphatic carbocycles. The molecule has 15 heavy (non-hydrogen) atoms. The lowest BCUT2D eigenvalue weighted by atomic mass is 10.3. The normalized spacial score (nSPS) is 15.1. The van der Waals surface area contributed by atoms with Gasteiger partial charge in [0.2, 0.25) is 5.75 Å². The lowest BCUT2D eigenvalue weighted by Crippen LogP contribution is -2.01. The van der Waals surface area contributed by atoms with Crippen LogP contribution in [0.4, 0.5) is 10.1 Å². The Labute approximate surface area is 89.8 Å². The van der Waals surface area contributed by atoms with E-state index < -0.39 is 10.7 Å². The Hall–Kier alpha value is -1.36. The number of nitro groups is 1. The van der Waals surface area contributed by atoms with Gasteiger partial charge < -0.3 is 4.74 Å². The minimum absolute atomic E-state index is 0.0667. The summed E-state index contributed by atoms with van der Waals surface area (Å²) >= 11 is 5.61. The van der Waals surface area contributed by atoms with Crippen LogP contribution in [0.3, 0.4) is 0 Å². The predicted molar refractivity (Wildman–Crippen MR) is 51.7 cm³/mol. The predicted octanol–water partition coefficient (Wildman–Crippen LogP) is 2.93. The molecule has 1 saturated carbocycles. The van der Waals surface area contributed by atoms with Crippen LogP contribution < -0.4 is 4.74 Å². The minimum atomic E-state index is -0.710. The third kappa shape index (κ3) is 2.02. The largest absolute Gasteiger partial charge is 0.482 e. The van der Waals surface area contributed by atoms with Crippen molar-refractivity contribution in [3.05, 3.63) is 33.1 Å². The van der Waals surface area contributed by atoms with E-state index in [1.165, 1.54) is 0 Å². The van der Waals surface area contributed by atoms with Gasteiger partial charge in [0, 0.05) is 6.07 Å². The smallest absolute Gasteiger partial charge is 0.312 e. The van der Waals surface area contributed by atoms with Gasteiger partial charge in [0.1, 0.15) is 10.8 Å². The molecule has 0 heterocycles. The summed E-state index contributed by atoms with van der Waals surface area (Å²) in [5, 5.41) is 10.3. The number of hydrogen-bond donors (Lipinski definition) is 0. The third-order valence-corrected chi connectivity index (χ3v) is 2.39. The Morgan fingerprint density at radius 2 is 2.20 bits per heavy atom. The van der Waals surface area contributed by atoms with Crippen molar-refractivity contribution in [3.63, 3.8) is 0 Å². The molecule has 0 N–H and O–H groups in total. The van der Waals surface area contributed by atoms with Crippen LogP contribution in [0.25, 0.3) is 0 Å². The minimum Gasteiger partial charge on any atom is -0.482 e. The highest BCUT2D eigenvalue weighted by molar-refractivity contribution is 6.32. The van der Waals surface area contributed by atoms with Crippen LogP contribution in [0.5, 0.6) is 5.75 Å². The van der Waals surface area contributed by atoms with E-state index in [9.17, 15) is 14.5 Å². The molecule has 80 valence electrons. The van der Waals surface area contributed by atoms with E-state index in [1.807, 2.05) is 0 Å². The monoisotopic (exact) mass is 231 g/mol. The maximum atomic E-state index is 13.1. The number of halogens is 2. The number of hydrogen-bond acceptors (Lipinski definition) is 3. The van der Waals surface area contributed by atoms with Crippen LogP contribution in [0.2, 0.25) is 5.02 Å². The summed E-state index contributed by atoms with van der Waals surface area (Å²) in [4.78, 5) is 10.00. The molecule has 0 unspecified atom stereocenters. The highest BCUT2D eigenvalue weighted by Gasteiger charge is 2.30. The van der Waals surface area contributed by atoms with Gasteiger partial charge in [-0.05, 0) is 18.9 Å². The Balaban J connectivity index is 2.44. The quantitative estimate of drug-likeness (QED) is 0.594. The molecule has 0 radical (unpaired) electrons. The zero-order valence-electron chi connectivity index (χ0n) is 7.57. The SMILES string of the molecule is O=[N+]([O-])c1ccc(F)c(Cl)c1OC1CC1. The van der Waals surface area contributed by atoms with Crippen LogP contribution in [-0.4, -0.2) is 11.0 Å². The van der Waals surface area contributed by atoms with E-state index in [-0.39, 0.29) is 22.6 Å². The molecule has 1 aliphatic rings. The van der Waals surface area contributed by atoms with Crippen molar-refractivity contribution in [2.75, 3.05) is 0 Å². The van der Waals surface area contributed by atoms with Gasteiger partial charge in [0.15, 0.2) is 0 Å². The summed E-state index contributed by atoms with van der Waals surface area (Å²) in [5.74, 6) is -0.873. The van der Waals surface area contributed by atoms with E-state index in [1.54, 1.807) is 0 Å². The molecule has 4 nitrogen and oxygen atoms in total. The number of benzene rings is 1. The van der Waals surface area contributed by atoms with Crippen LogP contribution in [0, 0.1) is 15.9 Å². The van der Waals surface area contributed by atoms with Crippen LogP contribution in [0.15, 0.2) is 12.1 Å². The summed E-state index contributed by atoms with van der Waals surface area (Å²) in [6.07, 6.45) is 1.58. The van der Waals surface area contributed by atoms with Crippen molar-refractivity contribution in [1.82, 2.24) is 0 Å². The van der Waals surface area contributed by atoms with Gasteiger partial charge in [0.25, 0.3) is 0 Å². The Morgan fingerprint density at radius 1 is 1.53 bits per heavy atom. The standard InChI is InChI=1S/C9H7ClFNO3/c10-8-6(11)3-4-7(12(13)14)9(8)15-5-1-2-5/h3-5H,1-2H2. The fourth-order valence-electron chi connectivity index (χ4n) is 1.13. The molecule has 1 aromatic carbocycles. The van der Waals surface area contributed by atoms with Gasteiger partial charge >= 0.3 is 5.69 Å². The van der Waals surface area contributed by atoms with E-state index in [4.69, 9.17) is 16.3 Å². The molecule has 0 amide bonds. The van der Waals surface area contributed by atoms with Crippen molar-refractivity contribution in [2.45, 2.75) is 18.9 Å². The van der Waals surface area contributed by atoms with E-state index in [0.717, 1.165) is 25.0 Å². The lowest BCUT2D eigenvalue weighted by molar-refractivity contribution is -0.386. The number of nitrogens with zero attached hydrogens (tertiary/aromatic N) is 1. The van der Waals surface area contributed by atoms with Gasteiger partial charge in [-0.1, -0.05) is 11.6 Å². The maximum Gasteiger partial charge on any atom is 0.312 e. The van der Waals surface area contributed by atoms with E-state index in [0.29, 0.717) is 0 Å². The van der Waals surface area contributed by atoms with Crippen molar-refractivity contribution < 1.29 is 14.1 Å². The molecule has 2 rings (SSSR count). The van der Waals surface area contributed by atoms with Crippen molar-refractivity contribution >= 4 is 17.3 Å². The number of rotatable bonds is 3. The molecular formula is C9H7ClFNO3. The van der Waals surface area contributed by atoms with Gasteiger partial charge in [0.05, 0.1) is 11.0 Å². The summed E-state index contributed by atoms with van der Waals surface area (Å²) in [5.41, 5.74) is -0.298. The molecule has 6 heteroatoms. The van der Waals surface area contributed by atoms with E-state index >= 15 is 0 Å². The van der Waals surface area contributed by atoms with Crippen LogP contribution in [0.1, 0.15) is 12.8 Å². The zero-order chi connectivity index (χ0) is 11.0. The number of nitro benzene ring substituents is 1. The first kappa shape index (κ1) is 10.2. The average Bonchev–Trinajstić information content (AvgIpc) is 2.96. The Bertz CT molecular complexity index is 420. The number of ether oxygens (including phenoxy) is 1. The summed E-state index contributed by atoms with van der Waals surface area (Å²) in [7, 11) is 0. The molecule has 0 atom stereocenters. The topological polar surface area (TPSA) is 52.4 Å². The lowest BCUT2D eigenvalue weighted by Gasteiger charge is -2.07. The Kier molecular flexibility index (Phi) is 2.48. The maximum absolute atomic E-state index is 13.1. The zero-order valence-corrected chi connectivity index (χ0v) is 8.33. The fraction of sp³-hybridized carbons (Fsp3) is 0.333. The second-order valence-corrected chi connectivity index (χ2v) is 3.66. The molecule has 1 aromatic rings. The van der Waals surface area contributed by atoms with Crippen LogP contribution in [-0.2, 0) is 0 Å². The van der Waals surface area contributed by atoms with Gasteiger partial charge in [-0.15, -0.1) is 0 Å². The highest BCUT2D eigenvalue weighted by Crippen LogP contribution is 2.40. The first-order chi connectivity index (χ1) is 7.09. The molecule has 0 aromatic heterocycles. The molecule has 0 aliphatic heterocycles. The third-order valence-electron chi connectivity index (χ3n) is 2.03. The first-order valence-electron chi connectivity index (χ1n) is 4.38. The van der Waals surface area contributed by atoms with Crippen molar-refractivity contribution in [1.29, 1.82) is 0 Å². The molecule has 0 spiro atoms. The summed E-state index contributed by atoms with van der Waals surface area (Å²) in [6.45, 7) is 0. The highest BCUT2D eigenvalue weighted by atomic mass is 35.5. The van der Waals surface area contributed by atoms with Crippen molar-refractivity contribution in [2.24, 2.45) is 0 Å². The molecule has 0 saturated heterocycles. The average molecular weight is 232 g/mol. The van der Waals surface area contributed by atoms with Crippen LogP contribution >= 0.6 is 11.6 Å². The second kappa shape index (κ2) is 3.66.